The molecule has 5 heteroatoms. The number of hydrogen-bond donors (Lipinski definition) is 1. The largest absolute Gasteiger partial charge is 0.457 e. The Morgan fingerprint density at radius 1 is 0.857 bits per heavy atom. The van der Waals surface area contributed by atoms with Crippen molar-refractivity contribution < 1.29 is 4.74 Å². The highest BCUT2D eigenvalue weighted by atomic mass is 16.5. The van der Waals surface area contributed by atoms with Crippen LogP contribution >= 0.6 is 0 Å². The molecule has 5 nitrogen and oxygen atoms in total. The first-order valence-electron chi connectivity index (χ1n) is 9.82. The first kappa shape index (κ1) is 16.9. The molecular weight excluding hydrogens is 348 g/mol. The lowest BCUT2D eigenvalue weighted by molar-refractivity contribution is 0.483. The minimum Gasteiger partial charge on any atom is -0.457 e. The van der Waals surface area contributed by atoms with Crippen LogP contribution in [0.4, 0.5) is 0 Å². The van der Waals surface area contributed by atoms with Gasteiger partial charge in [-0.15, -0.1) is 0 Å². The summed E-state index contributed by atoms with van der Waals surface area (Å²) in [5.74, 6) is 3.34. The lowest BCUT2D eigenvalue weighted by atomic mass is 9.97. The van der Waals surface area contributed by atoms with E-state index in [4.69, 9.17) is 20.4 Å². The van der Waals surface area contributed by atoms with E-state index in [1.54, 1.807) is 0 Å². The Hall–Kier alpha value is -3.21. The molecular formula is C23H22N4O. The van der Waals surface area contributed by atoms with Gasteiger partial charge in [-0.3, -0.25) is 4.99 Å². The number of rotatable bonds is 4. The fourth-order valence-electron chi connectivity index (χ4n) is 4.07. The molecule has 1 fully saturated rings. The summed E-state index contributed by atoms with van der Waals surface area (Å²) in [4.78, 5) is 14.1. The van der Waals surface area contributed by atoms with Gasteiger partial charge in [-0.2, -0.15) is 0 Å². The maximum absolute atomic E-state index is 6.11. The molecule has 0 unspecified atom stereocenters. The molecule has 1 aliphatic heterocycles. The predicted molar refractivity (Wildman–Crippen MR) is 110 cm³/mol. The number of para-hydroxylation sites is 1. The van der Waals surface area contributed by atoms with Crippen LogP contribution in [-0.4, -0.2) is 15.8 Å². The van der Waals surface area contributed by atoms with Crippen molar-refractivity contribution in [1.82, 2.24) is 9.97 Å². The Morgan fingerprint density at radius 2 is 1.57 bits per heavy atom. The zero-order chi connectivity index (χ0) is 18.9. The third-order valence-electron chi connectivity index (χ3n) is 5.52. The number of aromatic nitrogens is 2. The second kappa shape index (κ2) is 7.08. The molecule has 140 valence electrons. The molecule has 0 radical (unpaired) electrons. The molecule has 0 atom stereocenters. The standard InChI is InChI=1S/C23H22N4O/c24-22-21-19(14-25-22)20(15-6-4-5-7-15)26-23(27-21)16-10-12-18(13-11-16)28-17-8-2-1-3-9-17/h1-3,8-13,15H,4-7,14H2,(H2,24,25). The molecule has 2 heterocycles. The molecule has 2 aromatic carbocycles. The summed E-state index contributed by atoms with van der Waals surface area (Å²) in [5, 5.41) is 0. The fourth-order valence-corrected chi connectivity index (χ4v) is 4.07. The highest BCUT2D eigenvalue weighted by molar-refractivity contribution is 5.99. The lowest BCUT2D eigenvalue weighted by Gasteiger charge is -2.15. The molecule has 0 saturated heterocycles. The van der Waals surface area contributed by atoms with Crippen molar-refractivity contribution in [1.29, 1.82) is 0 Å². The number of nitrogens with zero attached hydrogens (tertiary/aromatic N) is 3. The number of aliphatic imine (C=N–C) groups is 1. The van der Waals surface area contributed by atoms with Gasteiger partial charge in [0.1, 0.15) is 23.0 Å². The first-order valence-corrected chi connectivity index (χ1v) is 9.82. The zero-order valence-electron chi connectivity index (χ0n) is 15.6. The third-order valence-corrected chi connectivity index (χ3v) is 5.52. The van der Waals surface area contributed by atoms with Crippen LogP contribution in [0.2, 0.25) is 0 Å². The van der Waals surface area contributed by atoms with Gasteiger partial charge in [0.25, 0.3) is 0 Å². The Balaban J connectivity index is 1.48. The quantitative estimate of drug-likeness (QED) is 0.715. The molecule has 1 aliphatic carbocycles. The van der Waals surface area contributed by atoms with Crippen molar-refractivity contribution in [2.24, 2.45) is 10.7 Å². The van der Waals surface area contributed by atoms with Gasteiger partial charge in [0.05, 0.1) is 12.2 Å². The van der Waals surface area contributed by atoms with E-state index in [2.05, 4.69) is 4.99 Å². The number of fused-ring (bicyclic) bond motifs is 1. The van der Waals surface area contributed by atoms with Gasteiger partial charge < -0.3 is 10.5 Å². The smallest absolute Gasteiger partial charge is 0.160 e. The minimum atomic E-state index is 0.497. The normalized spacial score (nSPS) is 16.1. The van der Waals surface area contributed by atoms with E-state index in [-0.39, 0.29) is 0 Å². The minimum absolute atomic E-state index is 0.497. The Morgan fingerprint density at radius 3 is 2.32 bits per heavy atom. The summed E-state index contributed by atoms with van der Waals surface area (Å²) in [6, 6.07) is 17.7. The van der Waals surface area contributed by atoms with Crippen molar-refractivity contribution >= 4 is 5.84 Å². The number of benzene rings is 2. The SMILES string of the molecule is NC1=NCc2c1nc(-c1ccc(Oc3ccccc3)cc1)nc2C1CCCC1. The van der Waals surface area contributed by atoms with Crippen LogP contribution in [0.3, 0.4) is 0 Å². The first-order chi connectivity index (χ1) is 13.8. The van der Waals surface area contributed by atoms with Crippen LogP contribution in [0.1, 0.15) is 48.6 Å². The molecule has 2 aliphatic rings. The van der Waals surface area contributed by atoms with Gasteiger partial charge in [0.15, 0.2) is 5.82 Å². The molecule has 0 bridgehead atoms. The van der Waals surface area contributed by atoms with Crippen molar-refractivity contribution in [3.05, 3.63) is 71.5 Å². The highest BCUT2D eigenvalue weighted by Gasteiger charge is 2.28. The van der Waals surface area contributed by atoms with Crippen LogP contribution in [0.25, 0.3) is 11.4 Å². The predicted octanol–water partition coefficient (Wildman–Crippen LogP) is 4.81. The van der Waals surface area contributed by atoms with E-state index in [0.717, 1.165) is 34.0 Å². The summed E-state index contributed by atoms with van der Waals surface area (Å²) in [6.07, 6.45) is 4.90. The van der Waals surface area contributed by atoms with Crippen LogP contribution in [0.5, 0.6) is 11.5 Å². The van der Waals surface area contributed by atoms with Crippen LogP contribution in [-0.2, 0) is 6.54 Å². The molecule has 0 amide bonds. The topological polar surface area (TPSA) is 73.4 Å². The van der Waals surface area contributed by atoms with Gasteiger partial charge in [-0.05, 0) is 49.2 Å². The highest BCUT2D eigenvalue weighted by Crippen LogP contribution is 2.37. The molecule has 28 heavy (non-hydrogen) atoms. The maximum Gasteiger partial charge on any atom is 0.160 e. The Bertz CT molecular complexity index is 1020. The van der Waals surface area contributed by atoms with Crippen LogP contribution in [0, 0.1) is 0 Å². The van der Waals surface area contributed by atoms with Crippen LogP contribution in [0.15, 0.2) is 59.6 Å². The van der Waals surface area contributed by atoms with Crippen LogP contribution < -0.4 is 10.5 Å². The summed E-state index contributed by atoms with van der Waals surface area (Å²) in [5.41, 5.74) is 10.2. The fraction of sp³-hybridized carbons (Fsp3) is 0.261. The van der Waals surface area contributed by atoms with Gasteiger partial charge in [0, 0.05) is 17.0 Å². The summed E-state index contributed by atoms with van der Waals surface area (Å²) < 4.78 is 5.89. The number of hydrogen-bond acceptors (Lipinski definition) is 5. The Labute approximate surface area is 164 Å². The molecule has 3 aromatic rings. The summed E-state index contributed by atoms with van der Waals surface area (Å²) in [7, 11) is 0. The third kappa shape index (κ3) is 3.13. The second-order valence-electron chi connectivity index (χ2n) is 7.38. The molecule has 2 N–H and O–H groups in total. The van der Waals surface area contributed by atoms with E-state index in [0.29, 0.717) is 24.1 Å². The second-order valence-corrected chi connectivity index (χ2v) is 7.38. The monoisotopic (exact) mass is 370 g/mol. The number of nitrogens with two attached hydrogens (primary N) is 1. The summed E-state index contributed by atoms with van der Waals surface area (Å²) in [6.45, 7) is 0.608. The van der Waals surface area contributed by atoms with E-state index >= 15 is 0 Å². The van der Waals surface area contributed by atoms with Gasteiger partial charge in [-0.1, -0.05) is 31.0 Å². The van der Waals surface area contributed by atoms with Gasteiger partial charge in [-0.25, -0.2) is 9.97 Å². The lowest BCUT2D eigenvalue weighted by Crippen LogP contribution is -2.16. The summed E-state index contributed by atoms with van der Waals surface area (Å²) >= 11 is 0. The van der Waals surface area contributed by atoms with Crippen molar-refractivity contribution in [3.63, 3.8) is 0 Å². The number of amidine groups is 1. The average molecular weight is 370 g/mol. The molecule has 5 rings (SSSR count). The zero-order valence-corrected chi connectivity index (χ0v) is 15.6. The number of ether oxygens (including phenoxy) is 1. The average Bonchev–Trinajstić information content (AvgIpc) is 3.39. The van der Waals surface area contributed by atoms with Crippen molar-refractivity contribution in [2.45, 2.75) is 38.1 Å². The van der Waals surface area contributed by atoms with E-state index in [1.165, 1.54) is 25.7 Å². The van der Waals surface area contributed by atoms with Crippen molar-refractivity contribution in [3.8, 4) is 22.9 Å². The molecule has 1 saturated carbocycles. The van der Waals surface area contributed by atoms with E-state index in [1.807, 2.05) is 54.6 Å². The molecule has 0 spiro atoms. The van der Waals surface area contributed by atoms with Gasteiger partial charge >= 0.3 is 0 Å². The maximum atomic E-state index is 6.11. The Kier molecular flexibility index (Phi) is 4.28. The van der Waals surface area contributed by atoms with Crippen molar-refractivity contribution in [2.75, 3.05) is 0 Å². The van der Waals surface area contributed by atoms with Gasteiger partial charge in [0.2, 0.25) is 0 Å². The van der Waals surface area contributed by atoms with E-state index < -0.39 is 0 Å². The molecule has 1 aromatic heterocycles. The van der Waals surface area contributed by atoms with E-state index in [9.17, 15) is 0 Å².